The molecule has 170 valence electrons. The standard InChI is InChI=1S/C23H25Cl3N4O2/c1-14-22(26)23(18-5-3-4-8-27-18)28-30(14)13-20(31)15-6-9-29(10-7-15)19-12-21(32-2)17(25)11-16(19)24/h3-5,8,11-12,15,20,31H,6-7,9-10,13H2,1-2H3. The van der Waals surface area contributed by atoms with Gasteiger partial charge in [-0.3, -0.25) is 9.67 Å². The van der Waals surface area contributed by atoms with Crippen molar-refractivity contribution in [3.63, 3.8) is 0 Å². The first-order chi connectivity index (χ1) is 15.4. The molecule has 3 aromatic rings. The summed E-state index contributed by atoms with van der Waals surface area (Å²) in [5.41, 5.74) is 3.08. The van der Waals surface area contributed by atoms with Gasteiger partial charge in [-0.2, -0.15) is 5.10 Å². The highest BCUT2D eigenvalue weighted by Gasteiger charge is 2.28. The van der Waals surface area contributed by atoms with E-state index >= 15 is 0 Å². The van der Waals surface area contributed by atoms with Crippen LogP contribution in [0.25, 0.3) is 11.4 Å². The molecule has 1 aliphatic rings. The molecule has 3 heterocycles. The van der Waals surface area contributed by atoms with E-state index < -0.39 is 6.10 Å². The molecule has 1 N–H and O–H groups in total. The van der Waals surface area contributed by atoms with Crippen LogP contribution in [0.5, 0.6) is 5.75 Å². The minimum Gasteiger partial charge on any atom is -0.495 e. The van der Waals surface area contributed by atoms with Gasteiger partial charge in [0.1, 0.15) is 11.4 Å². The van der Waals surface area contributed by atoms with Crippen molar-refractivity contribution in [2.75, 3.05) is 25.1 Å². The fourth-order valence-corrected chi connectivity index (χ4v) is 4.95. The summed E-state index contributed by atoms with van der Waals surface area (Å²) in [4.78, 5) is 6.55. The number of benzene rings is 1. The van der Waals surface area contributed by atoms with Gasteiger partial charge in [0.2, 0.25) is 0 Å². The predicted molar refractivity (Wildman–Crippen MR) is 129 cm³/mol. The van der Waals surface area contributed by atoms with Crippen LogP contribution < -0.4 is 9.64 Å². The van der Waals surface area contributed by atoms with Crippen molar-refractivity contribution in [1.82, 2.24) is 14.8 Å². The molecule has 0 saturated carbocycles. The zero-order valence-electron chi connectivity index (χ0n) is 17.9. The molecule has 32 heavy (non-hydrogen) atoms. The predicted octanol–water partition coefficient (Wildman–Crippen LogP) is 5.50. The Morgan fingerprint density at radius 1 is 1.16 bits per heavy atom. The van der Waals surface area contributed by atoms with Gasteiger partial charge in [-0.15, -0.1) is 0 Å². The Balaban J connectivity index is 1.42. The summed E-state index contributed by atoms with van der Waals surface area (Å²) in [6.07, 6.45) is 2.86. The molecule has 0 spiro atoms. The van der Waals surface area contributed by atoms with Gasteiger partial charge < -0.3 is 14.7 Å². The molecule has 1 saturated heterocycles. The third-order valence-electron chi connectivity index (χ3n) is 6.05. The fraction of sp³-hybridized carbons (Fsp3) is 0.391. The topological polar surface area (TPSA) is 63.4 Å². The summed E-state index contributed by atoms with van der Waals surface area (Å²) in [6, 6.07) is 9.21. The Kier molecular flexibility index (Phi) is 7.15. The van der Waals surface area contributed by atoms with Gasteiger partial charge >= 0.3 is 0 Å². The summed E-state index contributed by atoms with van der Waals surface area (Å²) in [5, 5.41) is 17.2. The van der Waals surface area contributed by atoms with Crippen molar-refractivity contribution < 1.29 is 9.84 Å². The van der Waals surface area contributed by atoms with Gasteiger partial charge in [-0.25, -0.2) is 0 Å². The largest absolute Gasteiger partial charge is 0.495 e. The number of aromatic nitrogens is 3. The smallest absolute Gasteiger partial charge is 0.139 e. The van der Waals surface area contributed by atoms with Crippen LogP contribution in [0.2, 0.25) is 15.1 Å². The molecule has 1 unspecified atom stereocenters. The average Bonchev–Trinajstić information content (AvgIpc) is 3.08. The Hall–Kier alpha value is -1.99. The molecule has 1 atom stereocenters. The van der Waals surface area contributed by atoms with E-state index in [0.29, 0.717) is 33.1 Å². The maximum Gasteiger partial charge on any atom is 0.139 e. The first-order valence-electron chi connectivity index (χ1n) is 10.5. The summed E-state index contributed by atoms with van der Waals surface area (Å²) in [5.74, 6) is 0.753. The lowest BCUT2D eigenvalue weighted by Crippen LogP contribution is -2.39. The molecule has 0 amide bonds. The lowest BCUT2D eigenvalue weighted by molar-refractivity contribution is 0.0729. The van der Waals surface area contributed by atoms with Crippen molar-refractivity contribution in [3.05, 3.63) is 57.3 Å². The zero-order chi connectivity index (χ0) is 22.8. The molecule has 1 aliphatic heterocycles. The van der Waals surface area contributed by atoms with Crippen LogP contribution in [0.4, 0.5) is 5.69 Å². The summed E-state index contributed by atoms with van der Waals surface area (Å²) < 4.78 is 7.11. The van der Waals surface area contributed by atoms with Crippen LogP contribution in [0.15, 0.2) is 36.5 Å². The van der Waals surface area contributed by atoms with Crippen LogP contribution in [-0.4, -0.2) is 46.2 Å². The van der Waals surface area contributed by atoms with E-state index in [2.05, 4.69) is 15.0 Å². The number of ether oxygens (including phenoxy) is 1. The molecule has 0 bridgehead atoms. The Bertz CT molecular complexity index is 1080. The van der Waals surface area contributed by atoms with Crippen LogP contribution in [0.1, 0.15) is 18.5 Å². The number of halogens is 3. The average molecular weight is 496 g/mol. The lowest BCUT2D eigenvalue weighted by atomic mass is 9.91. The summed E-state index contributed by atoms with van der Waals surface area (Å²) in [7, 11) is 1.59. The van der Waals surface area contributed by atoms with E-state index in [0.717, 1.165) is 43.0 Å². The van der Waals surface area contributed by atoms with E-state index in [1.54, 1.807) is 24.1 Å². The minimum atomic E-state index is -0.529. The zero-order valence-corrected chi connectivity index (χ0v) is 20.2. The van der Waals surface area contributed by atoms with Gasteiger partial charge in [0.25, 0.3) is 0 Å². The molecular weight excluding hydrogens is 471 g/mol. The number of pyridine rings is 1. The quantitative estimate of drug-likeness (QED) is 0.489. The third kappa shape index (κ3) is 4.69. The number of aliphatic hydroxyl groups is 1. The van der Waals surface area contributed by atoms with Gasteiger partial charge in [0.15, 0.2) is 0 Å². The lowest BCUT2D eigenvalue weighted by Gasteiger charge is -2.36. The maximum atomic E-state index is 11.0. The number of nitrogens with zero attached hydrogens (tertiary/aromatic N) is 4. The van der Waals surface area contributed by atoms with E-state index in [1.807, 2.05) is 31.2 Å². The fourth-order valence-electron chi connectivity index (χ4n) is 4.14. The number of piperidine rings is 1. The number of methoxy groups -OCH3 is 1. The first-order valence-corrected chi connectivity index (χ1v) is 11.6. The van der Waals surface area contributed by atoms with Gasteiger partial charge in [0, 0.05) is 25.4 Å². The number of aliphatic hydroxyl groups excluding tert-OH is 1. The van der Waals surface area contributed by atoms with Crippen LogP contribution in [0, 0.1) is 12.8 Å². The SMILES string of the molecule is COc1cc(N2CCC(C(O)Cn3nc(-c4ccccn4)c(Cl)c3C)CC2)c(Cl)cc1Cl. The van der Waals surface area contributed by atoms with Crippen molar-refractivity contribution in [1.29, 1.82) is 0 Å². The summed E-state index contributed by atoms with van der Waals surface area (Å²) >= 11 is 19.1. The summed E-state index contributed by atoms with van der Waals surface area (Å²) in [6.45, 7) is 3.86. The molecule has 1 fully saturated rings. The van der Waals surface area contributed by atoms with E-state index in [9.17, 15) is 5.11 Å². The molecule has 1 aromatic carbocycles. The second-order valence-electron chi connectivity index (χ2n) is 7.98. The van der Waals surface area contributed by atoms with Crippen LogP contribution >= 0.6 is 34.8 Å². The molecule has 2 aromatic heterocycles. The Morgan fingerprint density at radius 3 is 2.56 bits per heavy atom. The first kappa shape index (κ1) is 23.2. The van der Waals surface area contributed by atoms with E-state index in [4.69, 9.17) is 39.5 Å². The van der Waals surface area contributed by atoms with E-state index in [1.165, 1.54) is 0 Å². The molecular formula is C23H25Cl3N4O2. The number of hydrogen-bond acceptors (Lipinski definition) is 5. The molecule has 4 rings (SSSR count). The molecule has 0 radical (unpaired) electrons. The normalized spacial score (nSPS) is 15.8. The Morgan fingerprint density at radius 2 is 1.91 bits per heavy atom. The van der Waals surface area contributed by atoms with Gasteiger partial charge in [0.05, 0.1) is 51.9 Å². The van der Waals surface area contributed by atoms with Crippen LogP contribution in [0.3, 0.4) is 0 Å². The van der Waals surface area contributed by atoms with Crippen molar-refractivity contribution in [2.45, 2.75) is 32.4 Å². The number of hydrogen-bond donors (Lipinski definition) is 1. The highest BCUT2D eigenvalue weighted by atomic mass is 35.5. The molecule has 6 nitrogen and oxygen atoms in total. The highest BCUT2D eigenvalue weighted by Crippen LogP contribution is 2.38. The maximum absolute atomic E-state index is 11.0. The van der Waals surface area contributed by atoms with Crippen molar-refractivity contribution >= 4 is 40.5 Å². The monoisotopic (exact) mass is 494 g/mol. The highest BCUT2D eigenvalue weighted by molar-refractivity contribution is 6.37. The second kappa shape index (κ2) is 9.87. The van der Waals surface area contributed by atoms with Gasteiger partial charge in [-0.05, 0) is 43.9 Å². The third-order valence-corrected chi connectivity index (χ3v) is 7.10. The van der Waals surface area contributed by atoms with E-state index in [-0.39, 0.29) is 5.92 Å². The van der Waals surface area contributed by atoms with Crippen molar-refractivity contribution in [3.8, 4) is 17.1 Å². The Labute approximate surface area is 202 Å². The van der Waals surface area contributed by atoms with Crippen LogP contribution in [-0.2, 0) is 6.54 Å². The van der Waals surface area contributed by atoms with Gasteiger partial charge in [-0.1, -0.05) is 40.9 Å². The second-order valence-corrected chi connectivity index (χ2v) is 9.17. The molecule has 0 aliphatic carbocycles. The van der Waals surface area contributed by atoms with Crippen molar-refractivity contribution in [2.24, 2.45) is 5.92 Å². The molecule has 9 heteroatoms. The minimum absolute atomic E-state index is 0.153. The number of rotatable bonds is 6. The number of anilines is 1.